The summed E-state index contributed by atoms with van der Waals surface area (Å²) in [5.41, 5.74) is 0.301. The Morgan fingerprint density at radius 2 is 2.13 bits per heavy atom. The van der Waals surface area contributed by atoms with E-state index in [-0.39, 0.29) is 11.9 Å². The van der Waals surface area contributed by atoms with Crippen molar-refractivity contribution in [3.8, 4) is 11.5 Å². The molecule has 0 bridgehead atoms. The molecule has 0 spiro atoms. The number of furan rings is 1. The second kappa shape index (κ2) is 5.71. The second-order valence-corrected chi connectivity index (χ2v) is 5.45. The number of amides is 1. The minimum Gasteiger partial charge on any atom is -0.461 e. The molecule has 1 aliphatic rings. The lowest BCUT2D eigenvalue weighted by Crippen LogP contribution is -2.39. The minimum absolute atomic E-state index is 0.122. The van der Waals surface area contributed by atoms with Crippen LogP contribution in [0.5, 0.6) is 0 Å². The lowest BCUT2D eigenvalue weighted by Gasteiger charge is -2.31. The average Bonchev–Trinajstić information content (AvgIpc) is 3.36. The molecule has 1 saturated heterocycles. The van der Waals surface area contributed by atoms with E-state index in [9.17, 15) is 4.79 Å². The van der Waals surface area contributed by atoms with Gasteiger partial charge in [0.1, 0.15) is 12.7 Å². The third-order valence-electron chi connectivity index (χ3n) is 4.06. The first-order valence-corrected chi connectivity index (χ1v) is 7.45. The summed E-state index contributed by atoms with van der Waals surface area (Å²) in [5, 5.41) is 8.03. The zero-order chi connectivity index (χ0) is 15.6. The van der Waals surface area contributed by atoms with Gasteiger partial charge in [-0.15, -0.1) is 0 Å². The summed E-state index contributed by atoms with van der Waals surface area (Å²) in [6.07, 6.45) is 6.49. The van der Waals surface area contributed by atoms with Gasteiger partial charge in [-0.05, 0) is 25.0 Å². The Morgan fingerprint density at radius 1 is 1.26 bits per heavy atom. The number of carbonyl (C=O) groups excluding carboxylic acids is 1. The van der Waals surface area contributed by atoms with Crippen LogP contribution in [0.2, 0.25) is 0 Å². The zero-order valence-electron chi connectivity index (χ0n) is 12.3. The first kappa shape index (κ1) is 13.7. The Morgan fingerprint density at radius 3 is 2.83 bits per heavy atom. The van der Waals surface area contributed by atoms with Gasteiger partial charge < -0.3 is 13.8 Å². The number of rotatable bonds is 3. The molecule has 0 radical (unpaired) electrons. The van der Waals surface area contributed by atoms with Crippen molar-refractivity contribution in [3.63, 3.8) is 0 Å². The summed E-state index contributed by atoms with van der Waals surface area (Å²) in [6.45, 7) is 1.32. The van der Waals surface area contributed by atoms with Gasteiger partial charge in [0.2, 0.25) is 5.76 Å². The second-order valence-electron chi connectivity index (χ2n) is 5.45. The van der Waals surface area contributed by atoms with Crippen LogP contribution in [0.1, 0.15) is 29.4 Å². The molecule has 0 N–H and O–H groups in total. The zero-order valence-corrected chi connectivity index (χ0v) is 12.3. The number of nitrogens with zero attached hydrogens (tertiary/aromatic N) is 5. The van der Waals surface area contributed by atoms with Crippen LogP contribution in [0.3, 0.4) is 0 Å². The predicted molar refractivity (Wildman–Crippen MR) is 78.4 cm³/mol. The Hall–Kier alpha value is -2.90. The van der Waals surface area contributed by atoms with E-state index >= 15 is 0 Å². The quantitative estimate of drug-likeness (QED) is 0.734. The van der Waals surface area contributed by atoms with Gasteiger partial charge in [0.25, 0.3) is 5.91 Å². The maximum Gasteiger partial charge on any atom is 0.276 e. The van der Waals surface area contributed by atoms with Crippen molar-refractivity contribution >= 4 is 5.91 Å². The first-order chi connectivity index (χ1) is 11.3. The third kappa shape index (κ3) is 2.63. The van der Waals surface area contributed by atoms with Gasteiger partial charge >= 0.3 is 0 Å². The van der Waals surface area contributed by atoms with Crippen LogP contribution >= 0.6 is 0 Å². The molecule has 23 heavy (non-hydrogen) atoms. The smallest absolute Gasteiger partial charge is 0.276 e. The van der Waals surface area contributed by atoms with E-state index in [1.807, 2.05) is 4.68 Å². The van der Waals surface area contributed by atoms with Gasteiger partial charge in [0.05, 0.1) is 12.3 Å². The van der Waals surface area contributed by atoms with Crippen LogP contribution in [-0.2, 0) is 0 Å². The summed E-state index contributed by atoms with van der Waals surface area (Å²) in [5.74, 6) is 0.890. The molecule has 0 saturated carbocycles. The fourth-order valence-electron chi connectivity index (χ4n) is 2.81. The van der Waals surface area contributed by atoms with E-state index < -0.39 is 0 Å². The molecule has 0 aromatic carbocycles. The molecule has 118 valence electrons. The van der Waals surface area contributed by atoms with Gasteiger partial charge in [-0.3, -0.25) is 4.79 Å². The van der Waals surface area contributed by atoms with E-state index in [1.165, 1.54) is 6.33 Å². The van der Waals surface area contributed by atoms with Crippen molar-refractivity contribution in [2.75, 3.05) is 13.1 Å². The van der Waals surface area contributed by atoms with Crippen LogP contribution < -0.4 is 0 Å². The minimum atomic E-state index is -0.122. The van der Waals surface area contributed by atoms with Crippen LogP contribution in [-0.4, -0.2) is 43.8 Å². The Labute approximate surface area is 131 Å². The van der Waals surface area contributed by atoms with Crippen LogP contribution in [0.15, 0.2) is 46.1 Å². The molecule has 1 fully saturated rings. The lowest BCUT2D eigenvalue weighted by atomic mass is 10.1. The Bertz CT molecular complexity index is 770. The number of hydrogen-bond acceptors (Lipinski definition) is 6. The number of piperidine rings is 1. The highest BCUT2D eigenvalue weighted by atomic mass is 16.5. The van der Waals surface area contributed by atoms with E-state index in [2.05, 4.69) is 15.2 Å². The van der Waals surface area contributed by atoms with Gasteiger partial charge in [0, 0.05) is 19.2 Å². The topological polar surface area (TPSA) is 90.2 Å². The predicted octanol–water partition coefficient (Wildman–Crippen LogP) is 2.00. The Kier molecular flexibility index (Phi) is 3.41. The summed E-state index contributed by atoms with van der Waals surface area (Å²) >= 11 is 0. The standard InChI is InChI=1S/C15H15N5O3/c21-15(12-8-14(23-18-12)13-2-1-7-22-13)19-5-3-11(4-6-19)20-10-16-9-17-20/h1-2,7-11H,3-6H2. The fraction of sp³-hybridized carbons (Fsp3) is 0.333. The maximum atomic E-state index is 12.5. The molecule has 8 heteroatoms. The summed E-state index contributed by atoms with van der Waals surface area (Å²) < 4.78 is 12.3. The highest BCUT2D eigenvalue weighted by Gasteiger charge is 2.27. The number of carbonyl (C=O) groups is 1. The molecule has 0 atom stereocenters. The maximum absolute atomic E-state index is 12.5. The van der Waals surface area contributed by atoms with Crippen LogP contribution in [0, 0.1) is 0 Å². The molecule has 4 heterocycles. The third-order valence-corrected chi connectivity index (χ3v) is 4.06. The average molecular weight is 313 g/mol. The molecule has 1 aliphatic heterocycles. The molecule has 3 aromatic heterocycles. The highest BCUT2D eigenvalue weighted by Crippen LogP contribution is 2.24. The van der Waals surface area contributed by atoms with Crippen molar-refractivity contribution in [1.82, 2.24) is 24.8 Å². The molecule has 1 amide bonds. The number of hydrogen-bond donors (Lipinski definition) is 0. The molecule has 8 nitrogen and oxygen atoms in total. The van der Waals surface area contributed by atoms with Crippen LogP contribution in [0.4, 0.5) is 0 Å². The van der Waals surface area contributed by atoms with Gasteiger partial charge in [-0.2, -0.15) is 5.10 Å². The Balaban J connectivity index is 1.42. The van der Waals surface area contributed by atoms with Crippen molar-refractivity contribution in [3.05, 3.63) is 42.8 Å². The van der Waals surface area contributed by atoms with Gasteiger partial charge in [-0.25, -0.2) is 9.67 Å². The monoisotopic (exact) mass is 313 g/mol. The van der Waals surface area contributed by atoms with Crippen molar-refractivity contribution in [2.45, 2.75) is 18.9 Å². The van der Waals surface area contributed by atoms with Crippen molar-refractivity contribution in [2.24, 2.45) is 0 Å². The molecule has 0 unspecified atom stereocenters. The van der Waals surface area contributed by atoms with E-state index in [0.717, 1.165) is 12.8 Å². The molecule has 4 rings (SSSR count). The van der Waals surface area contributed by atoms with E-state index in [4.69, 9.17) is 8.94 Å². The molecular weight excluding hydrogens is 298 g/mol. The lowest BCUT2D eigenvalue weighted by molar-refractivity contribution is 0.0679. The summed E-state index contributed by atoms with van der Waals surface area (Å²) in [6, 6.07) is 5.43. The fourth-order valence-corrected chi connectivity index (χ4v) is 2.81. The number of aromatic nitrogens is 4. The van der Waals surface area contributed by atoms with Gasteiger partial charge in [0.15, 0.2) is 11.5 Å². The molecule has 0 aliphatic carbocycles. The highest BCUT2D eigenvalue weighted by molar-refractivity contribution is 5.93. The van der Waals surface area contributed by atoms with Crippen molar-refractivity contribution in [1.29, 1.82) is 0 Å². The van der Waals surface area contributed by atoms with Crippen LogP contribution in [0.25, 0.3) is 11.5 Å². The van der Waals surface area contributed by atoms with Gasteiger partial charge in [-0.1, -0.05) is 5.16 Å². The van der Waals surface area contributed by atoms with Crippen molar-refractivity contribution < 1.29 is 13.7 Å². The van der Waals surface area contributed by atoms with E-state index in [1.54, 1.807) is 35.7 Å². The summed E-state index contributed by atoms with van der Waals surface area (Å²) in [4.78, 5) is 18.3. The molecule has 3 aromatic rings. The molecular formula is C15H15N5O3. The number of likely N-dealkylation sites (tertiary alicyclic amines) is 1. The first-order valence-electron chi connectivity index (χ1n) is 7.45. The normalized spacial score (nSPS) is 15.9. The largest absolute Gasteiger partial charge is 0.461 e. The van der Waals surface area contributed by atoms with E-state index in [0.29, 0.717) is 30.3 Å². The SMILES string of the molecule is O=C(c1cc(-c2ccco2)on1)N1CCC(n2cncn2)CC1. The summed E-state index contributed by atoms with van der Waals surface area (Å²) in [7, 11) is 0.